The molecule has 1 amide bonds. The zero-order valence-corrected chi connectivity index (χ0v) is 21.2. The molecule has 0 saturated heterocycles. The van der Waals surface area contributed by atoms with Gasteiger partial charge in [0.2, 0.25) is 0 Å². The Morgan fingerprint density at radius 2 is 1.26 bits per heavy atom. The van der Waals surface area contributed by atoms with Gasteiger partial charge in [0.1, 0.15) is 0 Å². The van der Waals surface area contributed by atoms with Gasteiger partial charge in [0.15, 0.2) is 0 Å². The molecule has 0 aliphatic rings. The maximum atomic E-state index is 13.0. The number of esters is 1. The van der Waals surface area contributed by atoms with Crippen molar-refractivity contribution in [1.29, 1.82) is 0 Å². The monoisotopic (exact) mass is 501 g/mol. The maximum absolute atomic E-state index is 13.0. The highest BCUT2D eigenvalue weighted by atomic mass is 16.5. The minimum atomic E-state index is -0.381. The number of hydrogen-bond donors (Lipinski definition) is 1. The van der Waals surface area contributed by atoms with Crippen molar-refractivity contribution in [3.05, 3.63) is 114 Å². The summed E-state index contributed by atoms with van der Waals surface area (Å²) in [6.45, 7) is 4.32. The molecule has 6 nitrogen and oxygen atoms in total. The molecule has 1 N–H and O–H groups in total. The van der Waals surface area contributed by atoms with Crippen LogP contribution in [0.25, 0.3) is 33.5 Å². The summed E-state index contributed by atoms with van der Waals surface area (Å²) in [5, 5.41) is 2.88. The van der Waals surface area contributed by atoms with E-state index >= 15 is 0 Å². The molecule has 5 aromatic rings. The Kier molecular flexibility index (Phi) is 7.22. The molecule has 0 fully saturated rings. The van der Waals surface area contributed by atoms with E-state index < -0.39 is 0 Å². The summed E-state index contributed by atoms with van der Waals surface area (Å²) >= 11 is 0. The van der Waals surface area contributed by atoms with E-state index in [1.807, 2.05) is 80.6 Å². The van der Waals surface area contributed by atoms with E-state index in [-0.39, 0.29) is 17.8 Å². The predicted octanol–water partition coefficient (Wildman–Crippen LogP) is 7.03. The first-order chi connectivity index (χ1) is 18.5. The summed E-state index contributed by atoms with van der Waals surface area (Å²) in [5.74, 6) is -0.399. The van der Waals surface area contributed by atoms with Crippen molar-refractivity contribution in [2.24, 2.45) is 5.92 Å². The highest BCUT2D eigenvalue weighted by Crippen LogP contribution is 2.31. The summed E-state index contributed by atoms with van der Waals surface area (Å²) in [6, 6.07) is 31.8. The zero-order chi connectivity index (χ0) is 26.5. The number of carbonyl (C=O) groups is 2. The van der Waals surface area contributed by atoms with Gasteiger partial charge in [-0.25, -0.2) is 14.8 Å². The van der Waals surface area contributed by atoms with E-state index in [0.717, 1.165) is 22.5 Å². The quantitative estimate of drug-likeness (QED) is 0.242. The third-order valence-electron chi connectivity index (χ3n) is 5.95. The van der Waals surface area contributed by atoms with Crippen molar-refractivity contribution in [2.75, 3.05) is 11.9 Å². The third-order valence-corrected chi connectivity index (χ3v) is 5.95. The van der Waals surface area contributed by atoms with Crippen LogP contribution in [0.1, 0.15) is 34.6 Å². The molecule has 0 aliphatic carbocycles. The van der Waals surface area contributed by atoms with E-state index in [0.29, 0.717) is 34.5 Å². The van der Waals surface area contributed by atoms with Crippen LogP contribution in [0.2, 0.25) is 0 Å². The molecule has 0 aliphatic heterocycles. The third kappa shape index (κ3) is 5.60. The Balaban J connectivity index is 1.42. The second kappa shape index (κ2) is 11.0. The lowest BCUT2D eigenvalue weighted by Gasteiger charge is -2.12. The van der Waals surface area contributed by atoms with E-state index in [1.165, 1.54) is 0 Å². The SMILES string of the molecule is CC(C)COC(=O)c1ccc(NC(=O)c2ccc3nc(-c4ccccc4)c(-c4ccccc4)nc3c2)cc1. The van der Waals surface area contributed by atoms with Gasteiger partial charge >= 0.3 is 5.97 Å². The molecule has 0 spiro atoms. The number of rotatable bonds is 7. The van der Waals surface area contributed by atoms with E-state index in [4.69, 9.17) is 14.7 Å². The summed E-state index contributed by atoms with van der Waals surface area (Å²) < 4.78 is 5.26. The van der Waals surface area contributed by atoms with Gasteiger partial charge in [0, 0.05) is 22.4 Å². The normalized spacial score (nSPS) is 10.9. The molecular weight excluding hydrogens is 474 g/mol. The fourth-order valence-corrected chi connectivity index (χ4v) is 4.01. The van der Waals surface area contributed by atoms with E-state index in [9.17, 15) is 9.59 Å². The molecule has 0 saturated carbocycles. The molecule has 4 aromatic carbocycles. The number of carbonyl (C=O) groups excluding carboxylic acids is 2. The number of aromatic nitrogens is 2. The lowest BCUT2D eigenvalue weighted by molar-refractivity contribution is 0.0459. The maximum Gasteiger partial charge on any atom is 0.338 e. The fourth-order valence-electron chi connectivity index (χ4n) is 4.01. The van der Waals surface area contributed by atoms with Crippen LogP contribution in [0.15, 0.2) is 103 Å². The van der Waals surface area contributed by atoms with Crippen LogP contribution in [-0.4, -0.2) is 28.5 Å². The van der Waals surface area contributed by atoms with Gasteiger partial charge in [-0.1, -0.05) is 74.5 Å². The molecule has 0 atom stereocenters. The topological polar surface area (TPSA) is 81.2 Å². The first-order valence-corrected chi connectivity index (χ1v) is 12.5. The summed E-state index contributed by atoms with van der Waals surface area (Å²) in [6.07, 6.45) is 0. The minimum Gasteiger partial charge on any atom is -0.462 e. The number of fused-ring (bicyclic) bond motifs is 1. The number of benzene rings is 4. The summed E-state index contributed by atoms with van der Waals surface area (Å²) in [4.78, 5) is 35.1. The van der Waals surface area contributed by atoms with Crippen LogP contribution in [-0.2, 0) is 4.74 Å². The molecule has 1 aromatic heterocycles. The lowest BCUT2D eigenvalue weighted by atomic mass is 10.0. The number of nitrogens with one attached hydrogen (secondary N) is 1. The fraction of sp³-hybridized carbons (Fsp3) is 0.125. The average Bonchev–Trinajstić information content (AvgIpc) is 2.96. The number of hydrogen-bond acceptors (Lipinski definition) is 5. The van der Waals surface area contributed by atoms with Crippen molar-refractivity contribution in [3.8, 4) is 22.5 Å². The standard InChI is InChI=1S/C32H27N3O3/c1-21(2)20-38-32(37)24-13-16-26(17-14-24)33-31(36)25-15-18-27-28(19-25)35-30(23-11-7-4-8-12-23)29(34-27)22-9-5-3-6-10-22/h3-19,21H,20H2,1-2H3,(H,33,36). The molecule has 5 rings (SSSR count). The largest absolute Gasteiger partial charge is 0.462 e. The van der Waals surface area contributed by atoms with Gasteiger partial charge < -0.3 is 10.1 Å². The molecular formula is C32H27N3O3. The summed E-state index contributed by atoms with van der Waals surface area (Å²) in [7, 11) is 0. The van der Waals surface area contributed by atoms with Crippen molar-refractivity contribution in [1.82, 2.24) is 9.97 Å². The lowest BCUT2D eigenvalue weighted by Crippen LogP contribution is -2.13. The van der Waals surface area contributed by atoms with Crippen LogP contribution in [0.3, 0.4) is 0 Å². The van der Waals surface area contributed by atoms with Crippen LogP contribution in [0.5, 0.6) is 0 Å². The van der Waals surface area contributed by atoms with Crippen molar-refractivity contribution >= 4 is 28.6 Å². The molecule has 0 bridgehead atoms. The Hall–Kier alpha value is -4.84. The molecule has 38 heavy (non-hydrogen) atoms. The van der Waals surface area contributed by atoms with Gasteiger partial charge in [-0.05, 0) is 48.4 Å². The number of anilines is 1. The highest BCUT2D eigenvalue weighted by Gasteiger charge is 2.15. The smallest absolute Gasteiger partial charge is 0.338 e. The van der Waals surface area contributed by atoms with Gasteiger partial charge in [-0.2, -0.15) is 0 Å². The van der Waals surface area contributed by atoms with Crippen LogP contribution in [0, 0.1) is 5.92 Å². The van der Waals surface area contributed by atoms with Crippen molar-refractivity contribution in [3.63, 3.8) is 0 Å². The number of nitrogens with zero attached hydrogens (tertiary/aromatic N) is 2. The highest BCUT2D eigenvalue weighted by molar-refractivity contribution is 6.06. The number of amides is 1. The molecule has 6 heteroatoms. The molecule has 0 unspecified atom stereocenters. The first-order valence-electron chi connectivity index (χ1n) is 12.5. The van der Waals surface area contributed by atoms with Gasteiger partial charge in [0.05, 0.1) is 34.6 Å². The van der Waals surface area contributed by atoms with Gasteiger partial charge in [-0.3, -0.25) is 4.79 Å². The van der Waals surface area contributed by atoms with Crippen molar-refractivity contribution in [2.45, 2.75) is 13.8 Å². The molecule has 188 valence electrons. The second-order valence-corrected chi connectivity index (χ2v) is 9.38. The molecule has 0 radical (unpaired) electrons. The van der Waals surface area contributed by atoms with E-state index in [2.05, 4.69) is 5.32 Å². The van der Waals surface area contributed by atoms with Crippen LogP contribution in [0.4, 0.5) is 5.69 Å². The van der Waals surface area contributed by atoms with Crippen LogP contribution < -0.4 is 5.32 Å². The Morgan fingerprint density at radius 3 is 1.84 bits per heavy atom. The predicted molar refractivity (Wildman–Crippen MR) is 150 cm³/mol. The first kappa shape index (κ1) is 24.8. The summed E-state index contributed by atoms with van der Waals surface area (Å²) in [5.41, 5.74) is 6.25. The Bertz CT molecular complexity index is 1580. The second-order valence-electron chi connectivity index (χ2n) is 9.38. The van der Waals surface area contributed by atoms with Crippen LogP contribution >= 0.6 is 0 Å². The Labute approximate surface area is 221 Å². The Morgan fingerprint density at radius 1 is 0.711 bits per heavy atom. The van der Waals surface area contributed by atoms with Gasteiger partial charge in [0.25, 0.3) is 5.91 Å². The van der Waals surface area contributed by atoms with E-state index in [1.54, 1.807) is 36.4 Å². The zero-order valence-electron chi connectivity index (χ0n) is 21.2. The average molecular weight is 502 g/mol. The molecule has 1 heterocycles. The van der Waals surface area contributed by atoms with Gasteiger partial charge in [-0.15, -0.1) is 0 Å². The number of ether oxygens (including phenoxy) is 1. The minimum absolute atomic E-state index is 0.262. The van der Waals surface area contributed by atoms with Crippen molar-refractivity contribution < 1.29 is 14.3 Å².